The lowest BCUT2D eigenvalue weighted by molar-refractivity contribution is -0.345. The van der Waals surface area contributed by atoms with E-state index in [1.54, 1.807) is 0 Å². The van der Waals surface area contributed by atoms with E-state index in [2.05, 4.69) is 0 Å². The van der Waals surface area contributed by atoms with Crippen LogP contribution in [0, 0.1) is 11.8 Å². The normalized spacial score (nSPS) is 33.5. The lowest BCUT2D eigenvalue weighted by atomic mass is 9.78. The molecule has 0 spiro atoms. The molecular weight excluding hydrogens is 476 g/mol. The number of esters is 3. The summed E-state index contributed by atoms with van der Waals surface area (Å²) in [5.74, 6) is -5.75. The number of aliphatic carboxylic acids is 1. The molecule has 0 bridgehead atoms. The number of carboxylic acids is 1. The van der Waals surface area contributed by atoms with Crippen LogP contribution >= 0.6 is 0 Å². The largest absolute Gasteiger partial charge is 0.481 e. The van der Waals surface area contributed by atoms with Crippen LogP contribution in [0.1, 0.15) is 27.2 Å². The van der Waals surface area contributed by atoms with Crippen molar-refractivity contribution in [2.75, 3.05) is 13.7 Å². The minimum atomic E-state index is -1.80. The molecule has 0 aromatic rings. The Kier molecular flexibility index (Phi) is 9.97. The Morgan fingerprint density at radius 2 is 1.69 bits per heavy atom. The summed E-state index contributed by atoms with van der Waals surface area (Å²) < 4.78 is 31.4. The van der Waals surface area contributed by atoms with Gasteiger partial charge in [0.1, 0.15) is 37.1 Å². The molecular formula is C21H30O14. The van der Waals surface area contributed by atoms with E-state index in [1.165, 1.54) is 6.92 Å². The van der Waals surface area contributed by atoms with Crippen LogP contribution in [0.4, 0.5) is 0 Å². The first-order valence-corrected chi connectivity index (χ1v) is 10.7. The molecule has 2 rings (SSSR count). The number of carbonyl (C=O) groups excluding carboxylic acids is 3. The van der Waals surface area contributed by atoms with Crippen LogP contribution in [0.5, 0.6) is 0 Å². The van der Waals surface area contributed by atoms with Crippen molar-refractivity contribution in [2.45, 2.75) is 70.3 Å². The van der Waals surface area contributed by atoms with Crippen molar-refractivity contribution in [3.05, 3.63) is 11.8 Å². The maximum absolute atomic E-state index is 12.3. The van der Waals surface area contributed by atoms with Crippen LogP contribution in [-0.4, -0.2) is 101 Å². The van der Waals surface area contributed by atoms with Gasteiger partial charge in [0.05, 0.1) is 31.3 Å². The monoisotopic (exact) mass is 506 g/mol. The van der Waals surface area contributed by atoms with Gasteiger partial charge in [-0.15, -0.1) is 0 Å². The van der Waals surface area contributed by atoms with Gasteiger partial charge in [0.2, 0.25) is 6.29 Å². The number of aliphatic hydroxyl groups excluding tert-OH is 3. The summed E-state index contributed by atoms with van der Waals surface area (Å²) in [6.45, 7) is 3.22. The highest BCUT2D eigenvalue weighted by molar-refractivity contribution is 5.89. The van der Waals surface area contributed by atoms with Gasteiger partial charge in [-0.25, -0.2) is 4.79 Å². The number of methoxy groups -OCH3 is 1. The van der Waals surface area contributed by atoms with Gasteiger partial charge in [-0.2, -0.15) is 0 Å². The fraction of sp³-hybridized carbons (Fsp3) is 0.714. The number of hydrogen-bond acceptors (Lipinski definition) is 13. The highest BCUT2D eigenvalue weighted by Gasteiger charge is 2.50. The van der Waals surface area contributed by atoms with Crippen LogP contribution in [0.15, 0.2) is 11.8 Å². The molecule has 2 aliphatic rings. The standard InChI is InChI=1S/C21H30O14/c1-8(33-10(3)23)15-11(5-14(24)25)12(19(29)30-4)6-32-20(15)35-21-18(28)17(27)16(26)13(34-21)7-31-9(2)22/h6,8,11,13,15-18,20-21,26-28H,5,7H2,1-4H3,(H,24,25)/t8-,11-,13-,15-,16-,17+,18-,20+,21+/m1/s1. The third kappa shape index (κ3) is 7.11. The molecule has 2 aliphatic heterocycles. The average molecular weight is 506 g/mol. The van der Waals surface area contributed by atoms with Gasteiger partial charge >= 0.3 is 23.9 Å². The maximum Gasteiger partial charge on any atom is 0.337 e. The summed E-state index contributed by atoms with van der Waals surface area (Å²) in [5, 5.41) is 40.2. The first-order valence-electron chi connectivity index (χ1n) is 10.7. The fourth-order valence-electron chi connectivity index (χ4n) is 3.98. The number of aliphatic hydroxyl groups is 3. The second-order valence-electron chi connectivity index (χ2n) is 8.12. The minimum Gasteiger partial charge on any atom is -0.481 e. The molecule has 1 saturated heterocycles. The van der Waals surface area contributed by atoms with E-state index in [0.29, 0.717) is 0 Å². The van der Waals surface area contributed by atoms with E-state index in [0.717, 1.165) is 27.2 Å². The quantitative estimate of drug-likeness (QED) is 0.206. The molecule has 0 unspecified atom stereocenters. The summed E-state index contributed by atoms with van der Waals surface area (Å²) in [5.41, 5.74) is -0.146. The summed E-state index contributed by atoms with van der Waals surface area (Å²) >= 11 is 0. The first kappa shape index (κ1) is 28.5. The lowest BCUT2D eigenvalue weighted by Gasteiger charge is -2.44. The van der Waals surface area contributed by atoms with Gasteiger partial charge in [0.15, 0.2) is 6.29 Å². The van der Waals surface area contributed by atoms with E-state index >= 15 is 0 Å². The first-order chi connectivity index (χ1) is 16.4. The Hall–Kier alpha value is -2.78. The predicted octanol–water partition coefficient (Wildman–Crippen LogP) is -1.55. The summed E-state index contributed by atoms with van der Waals surface area (Å²) in [4.78, 5) is 46.6. The molecule has 2 heterocycles. The molecule has 9 atom stereocenters. The van der Waals surface area contributed by atoms with Gasteiger partial charge in [-0.05, 0) is 6.92 Å². The molecule has 14 nitrogen and oxygen atoms in total. The zero-order valence-corrected chi connectivity index (χ0v) is 19.6. The van der Waals surface area contributed by atoms with E-state index in [-0.39, 0.29) is 5.57 Å². The summed E-state index contributed by atoms with van der Waals surface area (Å²) in [6.07, 6.45) is -10.3. The Bertz CT molecular complexity index is 825. The Labute approximate surface area is 200 Å². The van der Waals surface area contributed by atoms with Gasteiger partial charge in [0, 0.05) is 19.8 Å². The minimum absolute atomic E-state index is 0.146. The van der Waals surface area contributed by atoms with Gasteiger partial charge < -0.3 is 48.8 Å². The second-order valence-corrected chi connectivity index (χ2v) is 8.12. The Morgan fingerprint density at radius 1 is 1.03 bits per heavy atom. The fourth-order valence-corrected chi connectivity index (χ4v) is 3.98. The van der Waals surface area contributed by atoms with Crippen LogP contribution in [0.2, 0.25) is 0 Å². The maximum atomic E-state index is 12.3. The Balaban J connectivity index is 2.37. The summed E-state index contributed by atoms with van der Waals surface area (Å²) in [7, 11) is 1.09. The Morgan fingerprint density at radius 3 is 2.23 bits per heavy atom. The molecule has 198 valence electrons. The molecule has 4 N–H and O–H groups in total. The van der Waals surface area contributed by atoms with Gasteiger partial charge in [0.25, 0.3) is 0 Å². The van der Waals surface area contributed by atoms with Crippen molar-refractivity contribution in [1.82, 2.24) is 0 Å². The summed E-state index contributed by atoms with van der Waals surface area (Å²) in [6, 6.07) is 0. The molecule has 0 aliphatic carbocycles. The second kappa shape index (κ2) is 12.3. The number of hydrogen-bond donors (Lipinski definition) is 4. The zero-order valence-electron chi connectivity index (χ0n) is 19.6. The highest BCUT2D eigenvalue weighted by Crippen LogP contribution is 2.39. The highest BCUT2D eigenvalue weighted by atomic mass is 16.8. The number of ether oxygens (including phenoxy) is 6. The zero-order chi connectivity index (χ0) is 26.4. The van der Waals surface area contributed by atoms with E-state index < -0.39 is 91.8 Å². The van der Waals surface area contributed by atoms with Crippen molar-refractivity contribution in [2.24, 2.45) is 11.8 Å². The molecule has 14 heteroatoms. The van der Waals surface area contributed by atoms with Crippen LogP contribution < -0.4 is 0 Å². The molecule has 0 aromatic heterocycles. The number of rotatable bonds is 9. The molecule has 0 radical (unpaired) electrons. The SMILES string of the molecule is COC(=O)C1=CO[C@@H](O[C@@H]2O[C@H](COC(C)=O)[C@@H](O)[C@H](O)[C@H]2O)[C@H]([C@@H](C)OC(C)=O)[C@@H]1CC(=O)O. The molecule has 0 saturated carbocycles. The van der Waals surface area contributed by atoms with Crippen molar-refractivity contribution < 1.29 is 68.0 Å². The van der Waals surface area contributed by atoms with E-state index in [1.807, 2.05) is 0 Å². The molecule has 0 aromatic carbocycles. The van der Waals surface area contributed by atoms with Gasteiger partial charge in [-0.1, -0.05) is 0 Å². The number of carbonyl (C=O) groups is 4. The lowest BCUT2D eigenvalue weighted by Crippen LogP contribution is -2.61. The number of carboxylic acid groups (broad SMARTS) is 1. The molecule has 1 fully saturated rings. The van der Waals surface area contributed by atoms with Crippen molar-refractivity contribution in [3.63, 3.8) is 0 Å². The van der Waals surface area contributed by atoms with E-state index in [4.69, 9.17) is 28.4 Å². The molecule has 0 amide bonds. The van der Waals surface area contributed by atoms with Crippen LogP contribution in [-0.2, 0) is 47.6 Å². The van der Waals surface area contributed by atoms with Gasteiger partial charge in [-0.3, -0.25) is 14.4 Å². The predicted molar refractivity (Wildman–Crippen MR) is 110 cm³/mol. The third-order valence-corrected chi connectivity index (χ3v) is 5.60. The van der Waals surface area contributed by atoms with Crippen LogP contribution in [0.3, 0.4) is 0 Å². The smallest absolute Gasteiger partial charge is 0.337 e. The van der Waals surface area contributed by atoms with Crippen LogP contribution in [0.25, 0.3) is 0 Å². The van der Waals surface area contributed by atoms with Crippen molar-refractivity contribution in [1.29, 1.82) is 0 Å². The van der Waals surface area contributed by atoms with Crippen molar-refractivity contribution in [3.8, 4) is 0 Å². The topological polar surface area (TPSA) is 205 Å². The third-order valence-electron chi connectivity index (χ3n) is 5.60. The molecule has 35 heavy (non-hydrogen) atoms. The van der Waals surface area contributed by atoms with E-state index in [9.17, 15) is 39.6 Å². The van der Waals surface area contributed by atoms with Crippen molar-refractivity contribution >= 4 is 23.9 Å². The average Bonchev–Trinajstić information content (AvgIpc) is 2.77.